The summed E-state index contributed by atoms with van der Waals surface area (Å²) < 4.78 is 5.72. The zero-order valence-corrected chi connectivity index (χ0v) is 15.4. The molecule has 0 unspecified atom stereocenters. The fourth-order valence-corrected chi connectivity index (χ4v) is 2.85. The largest absolute Gasteiger partial charge is 0.493 e. The first-order chi connectivity index (χ1) is 13.1. The molecule has 1 atom stereocenters. The van der Waals surface area contributed by atoms with Crippen molar-refractivity contribution in [3.63, 3.8) is 0 Å². The van der Waals surface area contributed by atoms with Crippen LogP contribution in [0.5, 0.6) is 5.75 Å². The number of nitrogens with zero attached hydrogens (tertiary/aromatic N) is 2. The van der Waals surface area contributed by atoms with E-state index >= 15 is 0 Å². The third-order valence-corrected chi connectivity index (χ3v) is 4.43. The third-order valence-electron chi connectivity index (χ3n) is 4.43. The molecule has 2 aromatic rings. The van der Waals surface area contributed by atoms with Crippen LogP contribution in [0, 0.1) is 0 Å². The van der Waals surface area contributed by atoms with Crippen LogP contribution in [-0.2, 0) is 11.2 Å². The Morgan fingerprint density at radius 1 is 1.30 bits per heavy atom. The molecule has 1 aliphatic heterocycles. The van der Waals surface area contributed by atoms with E-state index in [0.29, 0.717) is 31.8 Å². The monoisotopic (exact) mass is 368 g/mol. The zero-order valence-electron chi connectivity index (χ0n) is 15.4. The molecule has 1 aromatic heterocycles. The van der Waals surface area contributed by atoms with Gasteiger partial charge in [0.05, 0.1) is 6.61 Å². The van der Waals surface area contributed by atoms with Gasteiger partial charge >= 0.3 is 6.03 Å². The van der Waals surface area contributed by atoms with Crippen molar-refractivity contribution in [1.29, 1.82) is 0 Å². The normalized spacial score (nSPS) is 17.0. The highest BCUT2D eigenvalue weighted by Crippen LogP contribution is 2.17. The van der Waals surface area contributed by atoms with Gasteiger partial charge in [-0.25, -0.2) is 4.79 Å². The van der Waals surface area contributed by atoms with Crippen molar-refractivity contribution in [2.45, 2.75) is 25.8 Å². The molecule has 1 aliphatic rings. The second-order valence-electron chi connectivity index (χ2n) is 6.47. The molecular formula is C20H24N4O3. The Kier molecular flexibility index (Phi) is 6.25. The summed E-state index contributed by atoms with van der Waals surface area (Å²) in [6.07, 6.45) is 2.82. The number of carbonyl (C=O) groups excluding carboxylic acids is 2. The third kappa shape index (κ3) is 5.44. The lowest BCUT2D eigenvalue weighted by Crippen LogP contribution is -2.44. The van der Waals surface area contributed by atoms with E-state index in [1.54, 1.807) is 23.2 Å². The average Bonchev–Trinajstić information content (AvgIpc) is 2.85. The van der Waals surface area contributed by atoms with E-state index in [1.165, 1.54) is 0 Å². The topological polar surface area (TPSA) is 83.6 Å². The van der Waals surface area contributed by atoms with Crippen molar-refractivity contribution < 1.29 is 14.3 Å². The smallest absolute Gasteiger partial charge is 0.322 e. The number of amides is 3. The van der Waals surface area contributed by atoms with Gasteiger partial charge in [0.15, 0.2) is 0 Å². The number of benzene rings is 1. The van der Waals surface area contributed by atoms with Gasteiger partial charge in [0.25, 0.3) is 0 Å². The van der Waals surface area contributed by atoms with Crippen LogP contribution in [0.25, 0.3) is 0 Å². The predicted octanol–water partition coefficient (Wildman–Crippen LogP) is 2.45. The van der Waals surface area contributed by atoms with E-state index < -0.39 is 0 Å². The van der Waals surface area contributed by atoms with Crippen LogP contribution < -0.4 is 15.4 Å². The number of carbonyl (C=O) groups is 2. The van der Waals surface area contributed by atoms with Crippen LogP contribution in [0.15, 0.2) is 48.7 Å². The van der Waals surface area contributed by atoms with Crippen LogP contribution in [0.1, 0.15) is 19.0 Å². The summed E-state index contributed by atoms with van der Waals surface area (Å²) in [7, 11) is 0. The number of pyridine rings is 1. The van der Waals surface area contributed by atoms with E-state index in [-0.39, 0.29) is 18.0 Å². The molecule has 0 bridgehead atoms. The van der Waals surface area contributed by atoms with Crippen LogP contribution in [0.4, 0.5) is 10.5 Å². The maximum absolute atomic E-state index is 12.5. The Morgan fingerprint density at radius 3 is 2.85 bits per heavy atom. The van der Waals surface area contributed by atoms with Gasteiger partial charge in [-0.05, 0) is 43.3 Å². The Morgan fingerprint density at radius 2 is 2.11 bits per heavy atom. The van der Waals surface area contributed by atoms with Crippen molar-refractivity contribution in [1.82, 2.24) is 15.2 Å². The second-order valence-corrected chi connectivity index (χ2v) is 6.47. The molecule has 27 heavy (non-hydrogen) atoms. The van der Waals surface area contributed by atoms with Gasteiger partial charge in [0, 0.05) is 49.6 Å². The Bertz CT molecular complexity index is 765. The average molecular weight is 368 g/mol. The van der Waals surface area contributed by atoms with E-state index in [2.05, 4.69) is 15.6 Å². The highest BCUT2D eigenvalue weighted by atomic mass is 16.5. The van der Waals surface area contributed by atoms with Gasteiger partial charge in [0.1, 0.15) is 5.75 Å². The Balaban J connectivity index is 1.49. The van der Waals surface area contributed by atoms with Crippen molar-refractivity contribution >= 4 is 17.6 Å². The minimum atomic E-state index is -0.206. The molecule has 1 saturated heterocycles. The van der Waals surface area contributed by atoms with E-state index in [0.717, 1.165) is 17.9 Å². The van der Waals surface area contributed by atoms with E-state index in [1.807, 2.05) is 37.3 Å². The molecule has 7 nitrogen and oxygen atoms in total. The highest BCUT2D eigenvalue weighted by molar-refractivity contribution is 5.90. The molecule has 0 saturated carbocycles. The van der Waals surface area contributed by atoms with Crippen molar-refractivity contribution in [2.24, 2.45) is 0 Å². The molecule has 3 amide bonds. The number of nitrogens with one attached hydrogen (secondary N) is 2. The molecule has 2 heterocycles. The lowest BCUT2D eigenvalue weighted by Gasteiger charge is -2.26. The fourth-order valence-electron chi connectivity index (χ4n) is 2.85. The number of urea groups is 1. The van der Waals surface area contributed by atoms with E-state index in [4.69, 9.17) is 4.74 Å². The molecule has 1 aromatic carbocycles. The molecule has 2 N–H and O–H groups in total. The first-order valence-electron chi connectivity index (χ1n) is 9.09. The molecule has 0 spiro atoms. The number of aromatic nitrogens is 1. The number of hydrogen-bond donors (Lipinski definition) is 2. The minimum Gasteiger partial charge on any atom is -0.493 e. The maximum atomic E-state index is 12.5. The first-order valence-corrected chi connectivity index (χ1v) is 9.09. The van der Waals surface area contributed by atoms with Gasteiger partial charge < -0.3 is 20.3 Å². The Hall–Kier alpha value is -3.09. The summed E-state index contributed by atoms with van der Waals surface area (Å²) in [6.45, 7) is 3.33. The summed E-state index contributed by atoms with van der Waals surface area (Å²) in [5.41, 5.74) is 1.67. The molecule has 142 valence electrons. The van der Waals surface area contributed by atoms with Gasteiger partial charge in [-0.15, -0.1) is 0 Å². The van der Waals surface area contributed by atoms with Crippen molar-refractivity contribution in [3.05, 3.63) is 54.4 Å². The molecule has 0 radical (unpaired) electrons. The molecule has 1 fully saturated rings. The van der Waals surface area contributed by atoms with Crippen LogP contribution >= 0.6 is 0 Å². The van der Waals surface area contributed by atoms with Gasteiger partial charge in [-0.3, -0.25) is 9.78 Å². The summed E-state index contributed by atoms with van der Waals surface area (Å²) in [5.74, 6) is 0.714. The number of anilines is 1. The van der Waals surface area contributed by atoms with Gasteiger partial charge in [-0.1, -0.05) is 6.07 Å². The summed E-state index contributed by atoms with van der Waals surface area (Å²) in [6, 6.07) is 12.8. The molecular weight excluding hydrogens is 344 g/mol. The SMILES string of the molecule is C[C@H]1CNC(=O)CCN1C(=O)Nc1ccc(OCCc2ccccn2)cc1. The molecule has 3 rings (SSSR count). The highest BCUT2D eigenvalue weighted by Gasteiger charge is 2.24. The number of ether oxygens (including phenoxy) is 1. The summed E-state index contributed by atoms with van der Waals surface area (Å²) in [4.78, 5) is 29.9. The maximum Gasteiger partial charge on any atom is 0.322 e. The zero-order chi connectivity index (χ0) is 19.1. The van der Waals surface area contributed by atoms with Crippen molar-refractivity contribution in [3.8, 4) is 5.75 Å². The molecule has 0 aliphatic carbocycles. The summed E-state index contributed by atoms with van der Waals surface area (Å²) in [5, 5.41) is 5.68. The standard InChI is InChI=1S/C20H24N4O3/c1-15-14-22-19(25)9-12-24(15)20(26)23-17-5-7-18(8-6-17)27-13-10-16-4-2-3-11-21-16/h2-8,11,15H,9-10,12-14H2,1H3,(H,22,25)(H,23,26)/t15-/m0/s1. The fraction of sp³-hybridized carbons (Fsp3) is 0.350. The second kappa shape index (κ2) is 9.02. The predicted molar refractivity (Wildman–Crippen MR) is 103 cm³/mol. The number of rotatable bonds is 5. The Labute approximate surface area is 158 Å². The van der Waals surface area contributed by atoms with Crippen molar-refractivity contribution in [2.75, 3.05) is 25.0 Å². The van der Waals surface area contributed by atoms with E-state index in [9.17, 15) is 9.59 Å². The lowest BCUT2D eigenvalue weighted by atomic mass is 10.2. The summed E-state index contributed by atoms with van der Waals surface area (Å²) >= 11 is 0. The molecule has 7 heteroatoms. The lowest BCUT2D eigenvalue weighted by molar-refractivity contribution is -0.120. The van der Waals surface area contributed by atoms with Gasteiger partial charge in [0.2, 0.25) is 5.91 Å². The van der Waals surface area contributed by atoms with Crippen LogP contribution in [0.2, 0.25) is 0 Å². The number of hydrogen-bond acceptors (Lipinski definition) is 4. The van der Waals surface area contributed by atoms with Crippen LogP contribution in [-0.4, -0.2) is 47.6 Å². The quantitative estimate of drug-likeness (QED) is 0.849. The van der Waals surface area contributed by atoms with Crippen LogP contribution in [0.3, 0.4) is 0 Å². The first kappa shape index (κ1) is 18.7. The van der Waals surface area contributed by atoms with Gasteiger partial charge in [-0.2, -0.15) is 0 Å². The minimum absolute atomic E-state index is 0.0237.